The van der Waals surface area contributed by atoms with Crippen molar-refractivity contribution in [3.63, 3.8) is 0 Å². The first-order valence-corrected chi connectivity index (χ1v) is 4.91. The molecule has 16 heavy (non-hydrogen) atoms. The van der Waals surface area contributed by atoms with E-state index in [0.29, 0.717) is 11.3 Å². The van der Waals surface area contributed by atoms with Crippen LogP contribution in [0.5, 0.6) is 5.75 Å². The van der Waals surface area contributed by atoms with Gasteiger partial charge in [0.1, 0.15) is 11.6 Å². The fourth-order valence-corrected chi connectivity index (χ4v) is 1.42. The van der Waals surface area contributed by atoms with Crippen LogP contribution < -0.4 is 15.8 Å². The van der Waals surface area contributed by atoms with Crippen LogP contribution in [0.15, 0.2) is 18.2 Å². The molecule has 1 atom stereocenters. The lowest BCUT2D eigenvalue weighted by Crippen LogP contribution is -2.32. The van der Waals surface area contributed by atoms with Gasteiger partial charge >= 0.3 is 0 Å². The molecule has 0 aliphatic rings. The normalized spacial score (nSPS) is 12.0. The molecule has 0 saturated carbocycles. The van der Waals surface area contributed by atoms with Gasteiger partial charge in [0.2, 0.25) is 5.91 Å². The van der Waals surface area contributed by atoms with E-state index >= 15 is 0 Å². The highest BCUT2D eigenvalue weighted by Gasteiger charge is 2.14. The molecule has 88 valence electrons. The summed E-state index contributed by atoms with van der Waals surface area (Å²) < 4.78 is 18.2. The topological polar surface area (TPSA) is 64.3 Å². The second kappa shape index (κ2) is 5.46. The van der Waals surface area contributed by atoms with Gasteiger partial charge in [-0.25, -0.2) is 4.39 Å². The maximum atomic E-state index is 13.1. The highest BCUT2D eigenvalue weighted by Crippen LogP contribution is 2.25. The number of ether oxygens (including phenoxy) is 1. The summed E-state index contributed by atoms with van der Waals surface area (Å²) in [7, 11) is 1.49. The zero-order valence-corrected chi connectivity index (χ0v) is 9.29. The summed E-state index contributed by atoms with van der Waals surface area (Å²) in [6, 6.07) is 3.82. The van der Waals surface area contributed by atoms with Crippen LogP contribution in [-0.4, -0.2) is 19.6 Å². The van der Waals surface area contributed by atoms with Crippen molar-refractivity contribution in [3.8, 4) is 5.75 Å². The first-order chi connectivity index (χ1) is 7.58. The average molecular weight is 226 g/mol. The third-order valence-corrected chi connectivity index (χ3v) is 2.22. The number of methoxy groups -OCH3 is 1. The molecule has 0 saturated heterocycles. The number of carbonyl (C=O) groups excluding carboxylic acids is 1. The predicted octanol–water partition coefficient (Wildman–Crippen LogP) is 0.970. The number of nitrogens with one attached hydrogen (secondary N) is 1. The Hall–Kier alpha value is -1.62. The van der Waals surface area contributed by atoms with Gasteiger partial charge in [0.15, 0.2) is 0 Å². The van der Waals surface area contributed by atoms with Crippen molar-refractivity contribution < 1.29 is 13.9 Å². The van der Waals surface area contributed by atoms with Crippen LogP contribution in [-0.2, 0) is 4.79 Å². The minimum atomic E-state index is -0.371. The number of amides is 1. The monoisotopic (exact) mass is 226 g/mol. The van der Waals surface area contributed by atoms with Crippen molar-refractivity contribution in [2.24, 2.45) is 5.73 Å². The largest absolute Gasteiger partial charge is 0.496 e. The number of halogens is 1. The average Bonchev–Trinajstić information content (AvgIpc) is 2.28. The van der Waals surface area contributed by atoms with Gasteiger partial charge < -0.3 is 15.8 Å². The molecule has 1 unspecified atom stereocenters. The van der Waals surface area contributed by atoms with Gasteiger partial charge in [0, 0.05) is 5.56 Å². The molecule has 5 heteroatoms. The number of hydrogen-bond acceptors (Lipinski definition) is 3. The van der Waals surface area contributed by atoms with Crippen molar-refractivity contribution in [1.82, 2.24) is 5.32 Å². The molecule has 0 aliphatic carbocycles. The lowest BCUT2D eigenvalue weighted by Gasteiger charge is -2.16. The molecule has 1 aromatic rings. The molecule has 0 aliphatic heterocycles. The van der Waals surface area contributed by atoms with Gasteiger partial charge in [0.25, 0.3) is 0 Å². The molecule has 1 amide bonds. The van der Waals surface area contributed by atoms with E-state index < -0.39 is 0 Å². The minimum Gasteiger partial charge on any atom is -0.496 e. The zero-order valence-electron chi connectivity index (χ0n) is 9.29. The van der Waals surface area contributed by atoms with Gasteiger partial charge in [-0.15, -0.1) is 0 Å². The van der Waals surface area contributed by atoms with Gasteiger partial charge in [-0.2, -0.15) is 0 Å². The van der Waals surface area contributed by atoms with Crippen LogP contribution in [0.3, 0.4) is 0 Å². The number of rotatable bonds is 4. The van der Waals surface area contributed by atoms with E-state index in [0.717, 1.165) is 0 Å². The molecule has 0 heterocycles. The third-order valence-electron chi connectivity index (χ3n) is 2.22. The van der Waals surface area contributed by atoms with Gasteiger partial charge in [-0.05, 0) is 25.1 Å². The zero-order chi connectivity index (χ0) is 12.1. The fraction of sp³-hybridized carbons (Fsp3) is 0.364. The van der Waals surface area contributed by atoms with Crippen molar-refractivity contribution >= 4 is 5.91 Å². The van der Waals surface area contributed by atoms with E-state index in [-0.39, 0.29) is 24.3 Å². The highest BCUT2D eigenvalue weighted by atomic mass is 19.1. The second-order valence-electron chi connectivity index (χ2n) is 3.38. The van der Waals surface area contributed by atoms with E-state index in [4.69, 9.17) is 10.5 Å². The summed E-state index contributed by atoms with van der Waals surface area (Å²) in [5, 5.41) is 2.64. The highest BCUT2D eigenvalue weighted by molar-refractivity contribution is 5.78. The second-order valence-corrected chi connectivity index (χ2v) is 3.38. The van der Waals surface area contributed by atoms with Gasteiger partial charge in [-0.1, -0.05) is 0 Å². The molecule has 4 nitrogen and oxygen atoms in total. The molecule has 0 bridgehead atoms. The Morgan fingerprint density at radius 3 is 2.88 bits per heavy atom. The maximum Gasteiger partial charge on any atom is 0.234 e. The first-order valence-electron chi connectivity index (χ1n) is 4.91. The van der Waals surface area contributed by atoms with Crippen molar-refractivity contribution in [3.05, 3.63) is 29.6 Å². The summed E-state index contributed by atoms with van der Waals surface area (Å²) in [5.74, 6) is -0.130. The third kappa shape index (κ3) is 2.93. The number of hydrogen-bond donors (Lipinski definition) is 2. The SMILES string of the molecule is COc1ccc(F)cc1C(C)NC(=O)CN. The van der Waals surface area contributed by atoms with Crippen LogP contribution in [0, 0.1) is 5.82 Å². The minimum absolute atomic E-state index is 0.0953. The van der Waals surface area contributed by atoms with E-state index in [9.17, 15) is 9.18 Å². The quantitative estimate of drug-likeness (QED) is 0.804. The summed E-state index contributed by atoms with van der Waals surface area (Å²) in [4.78, 5) is 11.1. The number of nitrogens with two attached hydrogens (primary N) is 1. The van der Waals surface area contributed by atoms with Crippen LogP contribution in [0.2, 0.25) is 0 Å². The predicted molar refractivity (Wildman–Crippen MR) is 58.6 cm³/mol. The molecule has 1 rings (SSSR count). The summed E-state index contributed by atoms with van der Waals surface area (Å²) in [6.45, 7) is 1.65. The Morgan fingerprint density at radius 2 is 2.31 bits per heavy atom. The number of carbonyl (C=O) groups is 1. The van der Waals surface area contributed by atoms with Crippen molar-refractivity contribution in [2.75, 3.05) is 13.7 Å². The lowest BCUT2D eigenvalue weighted by atomic mass is 10.1. The molecule has 1 aromatic carbocycles. The molecular weight excluding hydrogens is 211 g/mol. The van der Waals surface area contributed by atoms with Gasteiger partial charge in [-0.3, -0.25) is 4.79 Å². The number of benzene rings is 1. The summed E-state index contributed by atoms with van der Waals surface area (Å²) in [5.41, 5.74) is 5.77. The van der Waals surface area contributed by atoms with E-state index in [1.807, 2.05) is 0 Å². The van der Waals surface area contributed by atoms with Gasteiger partial charge in [0.05, 0.1) is 19.7 Å². The van der Waals surface area contributed by atoms with Crippen LogP contribution in [0.1, 0.15) is 18.5 Å². The Labute approximate surface area is 93.6 Å². The first kappa shape index (κ1) is 12.4. The Morgan fingerprint density at radius 1 is 1.62 bits per heavy atom. The smallest absolute Gasteiger partial charge is 0.234 e. The fourth-order valence-electron chi connectivity index (χ4n) is 1.42. The molecule has 0 spiro atoms. The summed E-state index contributed by atoms with van der Waals surface area (Å²) in [6.07, 6.45) is 0. The van der Waals surface area contributed by atoms with Crippen molar-refractivity contribution in [1.29, 1.82) is 0 Å². The van der Waals surface area contributed by atoms with Crippen LogP contribution >= 0.6 is 0 Å². The molecule has 0 aromatic heterocycles. The molecule has 3 N–H and O–H groups in total. The molecule has 0 fully saturated rings. The summed E-state index contributed by atoms with van der Waals surface area (Å²) >= 11 is 0. The van der Waals surface area contributed by atoms with Crippen molar-refractivity contribution in [2.45, 2.75) is 13.0 Å². The Balaban J connectivity index is 2.92. The van der Waals surface area contributed by atoms with Crippen LogP contribution in [0.25, 0.3) is 0 Å². The standard InChI is InChI=1S/C11H15FN2O2/c1-7(14-11(15)6-13)9-5-8(12)3-4-10(9)16-2/h3-5,7H,6,13H2,1-2H3,(H,14,15). The van der Waals surface area contributed by atoms with E-state index in [1.165, 1.54) is 25.3 Å². The Kier molecular flexibility index (Phi) is 4.25. The molecule has 0 radical (unpaired) electrons. The van der Waals surface area contributed by atoms with E-state index in [1.54, 1.807) is 6.92 Å². The molecular formula is C11H15FN2O2. The Bertz CT molecular complexity index is 382. The van der Waals surface area contributed by atoms with E-state index in [2.05, 4.69) is 5.32 Å². The maximum absolute atomic E-state index is 13.1. The lowest BCUT2D eigenvalue weighted by molar-refractivity contribution is -0.120. The van der Waals surface area contributed by atoms with Crippen LogP contribution in [0.4, 0.5) is 4.39 Å².